The number of rotatable bonds is 2. The number of benzene rings is 1. The van der Waals surface area contributed by atoms with Gasteiger partial charge in [0.05, 0.1) is 5.69 Å². The van der Waals surface area contributed by atoms with E-state index in [0.717, 1.165) is 6.08 Å². The van der Waals surface area contributed by atoms with Crippen LogP contribution in [0.3, 0.4) is 0 Å². The summed E-state index contributed by atoms with van der Waals surface area (Å²) < 4.78 is 27.1. The highest BCUT2D eigenvalue weighted by Gasteiger charge is 2.12. The van der Waals surface area contributed by atoms with Crippen LogP contribution in [0.25, 0.3) is 17.3 Å². The van der Waals surface area contributed by atoms with Crippen molar-refractivity contribution in [2.75, 3.05) is 0 Å². The van der Waals surface area contributed by atoms with Gasteiger partial charge in [-0.15, -0.1) is 0 Å². The van der Waals surface area contributed by atoms with Gasteiger partial charge in [0.15, 0.2) is 0 Å². The third-order valence-electron chi connectivity index (χ3n) is 2.27. The maximum absolute atomic E-state index is 13.9. The van der Waals surface area contributed by atoms with Gasteiger partial charge in [-0.2, -0.15) is 0 Å². The quantitative estimate of drug-likeness (QED) is 0.747. The van der Waals surface area contributed by atoms with Crippen LogP contribution < -0.4 is 0 Å². The van der Waals surface area contributed by atoms with E-state index in [1.807, 2.05) is 0 Å². The Labute approximate surface area is 92.1 Å². The molecule has 2 rings (SSSR count). The molecule has 0 saturated carbocycles. The van der Waals surface area contributed by atoms with E-state index in [1.54, 1.807) is 24.4 Å². The maximum Gasteiger partial charge on any atom is 0.142 e. The summed E-state index contributed by atoms with van der Waals surface area (Å²) in [7, 11) is 0. The summed E-state index contributed by atoms with van der Waals surface area (Å²) in [6.07, 6.45) is 2.73. The normalized spacial score (nSPS) is 10.1. The summed E-state index contributed by atoms with van der Waals surface area (Å²) in [4.78, 5) is 4.02. The van der Waals surface area contributed by atoms with Crippen molar-refractivity contribution in [2.24, 2.45) is 0 Å². The first kappa shape index (κ1) is 10.5. The van der Waals surface area contributed by atoms with Gasteiger partial charge >= 0.3 is 0 Å². The van der Waals surface area contributed by atoms with Gasteiger partial charge in [-0.3, -0.25) is 4.98 Å². The van der Waals surface area contributed by atoms with E-state index in [0.29, 0.717) is 5.69 Å². The molecule has 16 heavy (non-hydrogen) atoms. The van der Waals surface area contributed by atoms with E-state index >= 15 is 0 Å². The van der Waals surface area contributed by atoms with Gasteiger partial charge in [-0.25, -0.2) is 8.78 Å². The van der Waals surface area contributed by atoms with Crippen LogP contribution in [0.15, 0.2) is 43.1 Å². The Morgan fingerprint density at radius 3 is 2.56 bits per heavy atom. The smallest absolute Gasteiger partial charge is 0.142 e. The molecule has 0 aliphatic heterocycles. The molecule has 0 saturated heterocycles. The molecule has 2 aromatic rings. The molecule has 0 N–H and O–H groups in total. The van der Waals surface area contributed by atoms with Crippen molar-refractivity contribution in [3.63, 3.8) is 0 Å². The molecule has 0 aliphatic rings. The Morgan fingerprint density at radius 2 is 1.94 bits per heavy atom. The molecule has 0 amide bonds. The molecule has 0 aliphatic carbocycles. The molecule has 0 unspecified atom stereocenters. The van der Waals surface area contributed by atoms with Gasteiger partial charge in [-0.05, 0) is 24.3 Å². The summed E-state index contributed by atoms with van der Waals surface area (Å²) in [6.45, 7) is 3.39. The molecule has 3 heteroatoms. The number of nitrogens with zero attached hydrogens (tertiary/aromatic N) is 1. The topological polar surface area (TPSA) is 12.9 Å². The highest BCUT2D eigenvalue weighted by molar-refractivity contribution is 5.65. The summed E-state index contributed by atoms with van der Waals surface area (Å²) in [5.74, 6) is -1.25. The second kappa shape index (κ2) is 4.23. The van der Waals surface area contributed by atoms with Crippen LogP contribution in [0.2, 0.25) is 0 Å². The standard InChI is InChI=1S/C13H9F2N/c1-2-9-11(14)7-6-10(13(9)15)12-5-3-4-8-16-12/h2-8H,1H2. The van der Waals surface area contributed by atoms with Crippen LogP contribution in [0.5, 0.6) is 0 Å². The van der Waals surface area contributed by atoms with Crippen LogP contribution in [0, 0.1) is 11.6 Å². The molecule has 0 radical (unpaired) electrons. The fourth-order valence-corrected chi connectivity index (χ4v) is 1.48. The molecular formula is C13H9F2N. The van der Waals surface area contributed by atoms with Gasteiger partial charge in [0.25, 0.3) is 0 Å². The number of aromatic nitrogens is 1. The average Bonchev–Trinajstić information content (AvgIpc) is 2.31. The second-order valence-electron chi connectivity index (χ2n) is 3.24. The average molecular weight is 217 g/mol. The third-order valence-corrected chi connectivity index (χ3v) is 2.27. The predicted molar refractivity (Wildman–Crippen MR) is 59.7 cm³/mol. The molecule has 0 spiro atoms. The fourth-order valence-electron chi connectivity index (χ4n) is 1.48. The van der Waals surface area contributed by atoms with E-state index in [4.69, 9.17) is 0 Å². The van der Waals surface area contributed by atoms with Gasteiger partial charge in [-0.1, -0.05) is 18.7 Å². The SMILES string of the molecule is C=Cc1c(F)ccc(-c2ccccn2)c1F. The lowest BCUT2D eigenvalue weighted by Gasteiger charge is -2.05. The lowest BCUT2D eigenvalue weighted by molar-refractivity contribution is 0.581. The number of pyridine rings is 1. The van der Waals surface area contributed by atoms with Gasteiger partial charge in [0.2, 0.25) is 0 Å². The minimum absolute atomic E-state index is 0.122. The molecule has 0 atom stereocenters. The van der Waals surface area contributed by atoms with E-state index in [1.165, 1.54) is 12.1 Å². The van der Waals surface area contributed by atoms with Crippen LogP contribution in [0.4, 0.5) is 8.78 Å². The Hall–Kier alpha value is -2.03. The molecule has 0 bridgehead atoms. The summed E-state index contributed by atoms with van der Waals surface area (Å²) in [5, 5.41) is 0. The van der Waals surface area contributed by atoms with Crippen molar-refractivity contribution in [2.45, 2.75) is 0 Å². The Morgan fingerprint density at radius 1 is 1.12 bits per heavy atom. The van der Waals surface area contributed by atoms with E-state index in [-0.39, 0.29) is 11.1 Å². The molecule has 1 aromatic carbocycles. The molecule has 1 nitrogen and oxygen atoms in total. The minimum atomic E-state index is -0.631. The number of hydrogen-bond donors (Lipinski definition) is 0. The molecule has 80 valence electrons. The van der Waals surface area contributed by atoms with Crippen molar-refractivity contribution in [3.8, 4) is 11.3 Å². The van der Waals surface area contributed by atoms with Gasteiger partial charge < -0.3 is 0 Å². The van der Waals surface area contributed by atoms with Gasteiger partial charge in [0.1, 0.15) is 11.6 Å². The summed E-state index contributed by atoms with van der Waals surface area (Å²) >= 11 is 0. The predicted octanol–water partition coefficient (Wildman–Crippen LogP) is 3.67. The summed E-state index contributed by atoms with van der Waals surface area (Å²) in [5.41, 5.74) is 0.628. The first-order valence-electron chi connectivity index (χ1n) is 4.76. The number of halogens is 2. The second-order valence-corrected chi connectivity index (χ2v) is 3.24. The highest BCUT2D eigenvalue weighted by Crippen LogP contribution is 2.25. The third kappa shape index (κ3) is 1.72. The molecule has 0 fully saturated rings. The molecule has 1 heterocycles. The fraction of sp³-hybridized carbons (Fsp3) is 0. The summed E-state index contributed by atoms with van der Waals surface area (Å²) in [6, 6.07) is 7.74. The van der Waals surface area contributed by atoms with E-state index in [9.17, 15) is 8.78 Å². The Bertz CT molecular complexity index is 521. The van der Waals surface area contributed by atoms with Crippen molar-refractivity contribution in [1.82, 2.24) is 4.98 Å². The van der Waals surface area contributed by atoms with Crippen LogP contribution in [0.1, 0.15) is 5.56 Å². The minimum Gasteiger partial charge on any atom is -0.256 e. The molecular weight excluding hydrogens is 208 g/mol. The zero-order valence-electron chi connectivity index (χ0n) is 8.45. The van der Waals surface area contributed by atoms with Crippen LogP contribution in [-0.2, 0) is 0 Å². The van der Waals surface area contributed by atoms with Crippen LogP contribution in [-0.4, -0.2) is 4.98 Å². The van der Waals surface area contributed by atoms with Crippen LogP contribution >= 0.6 is 0 Å². The Kier molecular flexibility index (Phi) is 2.77. The maximum atomic E-state index is 13.9. The van der Waals surface area contributed by atoms with Crippen molar-refractivity contribution in [1.29, 1.82) is 0 Å². The zero-order chi connectivity index (χ0) is 11.5. The lowest BCUT2D eigenvalue weighted by atomic mass is 10.1. The van der Waals surface area contributed by atoms with Crippen molar-refractivity contribution < 1.29 is 8.78 Å². The van der Waals surface area contributed by atoms with Crippen molar-refractivity contribution >= 4 is 6.08 Å². The largest absolute Gasteiger partial charge is 0.256 e. The first-order valence-corrected chi connectivity index (χ1v) is 4.76. The van der Waals surface area contributed by atoms with Gasteiger partial charge in [0, 0.05) is 17.3 Å². The molecule has 1 aromatic heterocycles. The van der Waals surface area contributed by atoms with E-state index in [2.05, 4.69) is 11.6 Å². The number of hydrogen-bond acceptors (Lipinski definition) is 1. The Balaban J connectivity index is 2.64. The highest BCUT2D eigenvalue weighted by atomic mass is 19.1. The lowest BCUT2D eigenvalue weighted by Crippen LogP contribution is -1.93. The zero-order valence-corrected chi connectivity index (χ0v) is 8.45. The first-order chi connectivity index (χ1) is 7.74. The monoisotopic (exact) mass is 217 g/mol. The van der Waals surface area contributed by atoms with E-state index < -0.39 is 11.6 Å². The van der Waals surface area contributed by atoms with Crippen molar-refractivity contribution in [3.05, 3.63) is 60.3 Å².